The lowest BCUT2D eigenvalue weighted by molar-refractivity contribution is -0.123. The summed E-state index contributed by atoms with van der Waals surface area (Å²) in [5.74, 6) is -0.662. The van der Waals surface area contributed by atoms with E-state index in [4.69, 9.17) is 0 Å². The number of aryl methyl sites for hydroxylation is 2. The fourth-order valence-electron chi connectivity index (χ4n) is 2.20. The third kappa shape index (κ3) is 4.44. The van der Waals surface area contributed by atoms with Crippen LogP contribution in [-0.2, 0) is 11.8 Å². The number of rotatable bonds is 4. The Hall–Kier alpha value is -2.77. The molecule has 2 amide bonds. The van der Waals surface area contributed by atoms with E-state index < -0.39 is 23.4 Å². The maximum Gasteiger partial charge on any atom is 0.282 e. The summed E-state index contributed by atoms with van der Waals surface area (Å²) in [7, 11) is 1.43. The van der Waals surface area contributed by atoms with Gasteiger partial charge in [0.25, 0.3) is 12.3 Å². The topological polar surface area (TPSA) is 76.0 Å². The van der Waals surface area contributed by atoms with Crippen LogP contribution in [0.3, 0.4) is 0 Å². The van der Waals surface area contributed by atoms with Crippen LogP contribution in [0.2, 0.25) is 0 Å². The van der Waals surface area contributed by atoms with Gasteiger partial charge in [0.1, 0.15) is 11.4 Å². The smallest absolute Gasteiger partial charge is 0.282 e. The number of carbonyl (C=O) groups is 2. The number of alkyl halides is 2. The number of nitrogens with zero attached hydrogens (tertiary/aromatic N) is 2. The van der Waals surface area contributed by atoms with Crippen LogP contribution in [0.5, 0.6) is 0 Å². The number of amides is 2. The Balaban J connectivity index is 2.14. The van der Waals surface area contributed by atoms with E-state index in [2.05, 4.69) is 15.7 Å². The molecule has 0 spiro atoms. The van der Waals surface area contributed by atoms with E-state index in [1.54, 1.807) is 25.1 Å². The van der Waals surface area contributed by atoms with Gasteiger partial charge in [0, 0.05) is 23.8 Å². The normalized spacial score (nSPS) is 11.5. The number of aromatic nitrogens is 2. The molecule has 8 heteroatoms. The van der Waals surface area contributed by atoms with Crippen molar-refractivity contribution >= 4 is 23.2 Å². The average Bonchev–Trinajstić information content (AvgIpc) is 2.91. The molecule has 0 aliphatic carbocycles. The first kappa shape index (κ1) is 19.6. The third-order valence-electron chi connectivity index (χ3n) is 3.77. The number of carbonyl (C=O) groups excluding carboxylic acids is 2. The molecule has 0 saturated heterocycles. The van der Waals surface area contributed by atoms with Crippen LogP contribution in [0, 0.1) is 12.3 Å². The molecule has 6 nitrogen and oxygen atoms in total. The van der Waals surface area contributed by atoms with Crippen molar-refractivity contribution in [2.45, 2.75) is 34.1 Å². The van der Waals surface area contributed by atoms with Gasteiger partial charge in [0.2, 0.25) is 5.91 Å². The minimum absolute atomic E-state index is 0.0306. The lowest BCUT2D eigenvalue weighted by Gasteiger charge is -2.19. The molecule has 1 aromatic heterocycles. The highest BCUT2D eigenvalue weighted by atomic mass is 19.3. The largest absolute Gasteiger partial charge is 0.325 e. The minimum atomic E-state index is -2.74. The molecular formula is C18H22F2N4O2. The van der Waals surface area contributed by atoms with Crippen LogP contribution in [0.4, 0.5) is 20.2 Å². The Kier molecular flexibility index (Phi) is 5.44. The minimum Gasteiger partial charge on any atom is -0.325 e. The fourth-order valence-corrected chi connectivity index (χ4v) is 2.20. The Morgan fingerprint density at radius 3 is 2.31 bits per heavy atom. The van der Waals surface area contributed by atoms with Gasteiger partial charge < -0.3 is 10.6 Å². The van der Waals surface area contributed by atoms with E-state index in [0.717, 1.165) is 16.3 Å². The van der Waals surface area contributed by atoms with E-state index in [0.29, 0.717) is 11.4 Å². The summed E-state index contributed by atoms with van der Waals surface area (Å²) in [4.78, 5) is 24.4. The van der Waals surface area contributed by atoms with Crippen molar-refractivity contribution in [3.05, 3.63) is 41.2 Å². The molecule has 0 unspecified atom stereocenters. The Morgan fingerprint density at radius 1 is 1.15 bits per heavy atom. The van der Waals surface area contributed by atoms with Crippen molar-refractivity contribution < 1.29 is 18.4 Å². The van der Waals surface area contributed by atoms with Gasteiger partial charge in [0.15, 0.2) is 0 Å². The molecule has 0 aliphatic rings. The summed E-state index contributed by atoms with van der Waals surface area (Å²) < 4.78 is 26.5. The van der Waals surface area contributed by atoms with Crippen LogP contribution in [-0.4, -0.2) is 21.6 Å². The first-order valence-electron chi connectivity index (χ1n) is 8.04. The Morgan fingerprint density at radius 2 is 1.81 bits per heavy atom. The summed E-state index contributed by atoms with van der Waals surface area (Å²) >= 11 is 0. The quantitative estimate of drug-likeness (QED) is 0.864. The number of hydrogen-bond donors (Lipinski definition) is 2. The van der Waals surface area contributed by atoms with Crippen LogP contribution < -0.4 is 10.6 Å². The second-order valence-electron chi connectivity index (χ2n) is 7.07. The summed E-state index contributed by atoms with van der Waals surface area (Å²) in [5.41, 5.74) is 0.946. The maximum absolute atomic E-state index is 12.7. The number of benzene rings is 1. The van der Waals surface area contributed by atoms with Crippen LogP contribution in [0.1, 0.15) is 48.9 Å². The number of anilines is 2. The number of hydrogen-bond acceptors (Lipinski definition) is 3. The predicted molar refractivity (Wildman–Crippen MR) is 95.4 cm³/mol. The zero-order valence-corrected chi connectivity index (χ0v) is 15.4. The highest BCUT2D eigenvalue weighted by Gasteiger charge is 2.22. The zero-order chi connectivity index (χ0) is 19.6. The van der Waals surface area contributed by atoms with E-state index in [1.807, 2.05) is 20.8 Å². The van der Waals surface area contributed by atoms with E-state index in [9.17, 15) is 18.4 Å². The van der Waals surface area contributed by atoms with Gasteiger partial charge in [-0.3, -0.25) is 14.3 Å². The van der Waals surface area contributed by atoms with Crippen LogP contribution in [0.25, 0.3) is 0 Å². The first-order chi connectivity index (χ1) is 12.0. The van der Waals surface area contributed by atoms with E-state index in [-0.39, 0.29) is 11.6 Å². The van der Waals surface area contributed by atoms with Gasteiger partial charge in [-0.1, -0.05) is 20.8 Å². The monoisotopic (exact) mass is 364 g/mol. The zero-order valence-electron chi connectivity index (χ0n) is 15.4. The van der Waals surface area contributed by atoms with Crippen molar-refractivity contribution in [3.8, 4) is 0 Å². The Labute approximate surface area is 150 Å². The summed E-state index contributed by atoms with van der Waals surface area (Å²) in [5, 5.41) is 9.10. The molecule has 2 rings (SSSR count). The molecule has 1 heterocycles. The molecule has 0 fully saturated rings. The van der Waals surface area contributed by atoms with Gasteiger partial charge >= 0.3 is 0 Å². The summed E-state index contributed by atoms with van der Waals surface area (Å²) in [6, 6.07) is 6.07. The van der Waals surface area contributed by atoms with E-state index >= 15 is 0 Å². The van der Waals surface area contributed by atoms with Crippen molar-refractivity contribution in [2.24, 2.45) is 12.5 Å². The van der Waals surface area contributed by atoms with Crippen molar-refractivity contribution in [1.82, 2.24) is 9.78 Å². The van der Waals surface area contributed by atoms with Gasteiger partial charge in [-0.05, 0) is 36.8 Å². The molecule has 0 bridgehead atoms. The first-order valence-corrected chi connectivity index (χ1v) is 8.04. The molecule has 140 valence electrons. The van der Waals surface area contributed by atoms with Crippen LogP contribution >= 0.6 is 0 Å². The molecule has 2 N–H and O–H groups in total. The highest BCUT2D eigenvalue weighted by Crippen LogP contribution is 2.24. The maximum atomic E-state index is 12.7. The highest BCUT2D eigenvalue weighted by molar-refractivity contribution is 6.03. The average molecular weight is 364 g/mol. The van der Waals surface area contributed by atoms with Gasteiger partial charge in [-0.2, -0.15) is 5.10 Å². The lowest BCUT2D eigenvalue weighted by atomic mass is 9.95. The molecule has 26 heavy (non-hydrogen) atoms. The number of halogens is 2. The molecule has 0 atom stereocenters. The fraction of sp³-hybridized carbons (Fsp3) is 0.389. The second-order valence-corrected chi connectivity index (χ2v) is 7.07. The third-order valence-corrected chi connectivity index (χ3v) is 3.77. The van der Waals surface area contributed by atoms with Gasteiger partial charge in [-0.15, -0.1) is 0 Å². The lowest BCUT2D eigenvalue weighted by Crippen LogP contribution is -2.27. The van der Waals surface area contributed by atoms with Crippen molar-refractivity contribution in [2.75, 3.05) is 10.6 Å². The van der Waals surface area contributed by atoms with Gasteiger partial charge in [0.05, 0.1) is 0 Å². The molecule has 0 aliphatic heterocycles. The molecule has 0 saturated carbocycles. The van der Waals surface area contributed by atoms with E-state index in [1.165, 1.54) is 7.05 Å². The SMILES string of the molecule is Cc1cc(NC(=O)c2cc(C(F)F)nn2C)ccc1NC(=O)C(C)(C)C. The molecular weight excluding hydrogens is 342 g/mol. The molecule has 0 radical (unpaired) electrons. The summed E-state index contributed by atoms with van der Waals surface area (Å²) in [6.07, 6.45) is -2.74. The second kappa shape index (κ2) is 7.23. The summed E-state index contributed by atoms with van der Waals surface area (Å²) in [6.45, 7) is 7.24. The van der Waals surface area contributed by atoms with Crippen molar-refractivity contribution in [3.63, 3.8) is 0 Å². The molecule has 2 aromatic rings. The van der Waals surface area contributed by atoms with Gasteiger partial charge in [-0.25, -0.2) is 8.78 Å². The standard InChI is InChI=1S/C18H22F2N4O2/c1-10-8-11(6-7-12(10)22-17(26)18(2,3)4)21-16(25)14-9-13(15(19)20)23-24(14)5/h6-9,15H,1-5H3,(H,21,25)(H,22,26). The van der Waals surface area contributed by atoms with Crippen molar-refractivity contribution in [1.29, 1.82) is 0 Å². The number of nitrogens with one attached hydrogen (secondary N) is 2. The molecule has 1 aromatic carbocycles. The Bertz CT molecular complexity index is 838. The predicted octanol–water partition coefficient (Wildman–Crippen LogP) is 3.90. The van der Waals surface area contributed by atoms with Crippen LogP contribution in [0.15, 0.2) is 24.3 Å².